The van der Waals surface area contributed by atoms with E-state index in [1.165, 1.54) is 24.3 Å². The van der Waals surface area contributed by atoms with Crippen LogP contribution in [0.15, 0.2) is 106 Å². The van der Waals surface area contributed by atoms with Gasteiger partial charge in [-0.05, 0) is 53.1 Å². The van der Waals surface area contributed by atoms with Crippen LogP contribution in [0.4, 0.5) is 11.4 Å². The predicted octanol–water partition coefficient (Wildman–Crippen LogP) is 5.81. The summed E-state index contributed by atoms with van der Waals surface area (Å²) in [5, 5.41) is 30.8. The second kappa shape index (κ2) is 9.95. The van der Waals surface area contributed by atoms with E-state index in [4.69, 9.17) is 4.42 Å². The highest BCUT2D eigenvalue weighted by Gasteiger charge is 2.29. The predicted molar refractivity (Wildman–Crippen MR) is 143 cm³/mol. The van der Waals surface area contributed by atoms with E-state index in [9.17, 15) is 33.5 Å². The number of sulfonamides is 1. The highest BCUT2D eigenvalue weighted by Crippen LogP contribution is 2.34. The zero-order chi connectivity index (χ0) is 27.7. The minimum Gasteiger partial charge on any atom is -0.502 e. The summed E-state index contributed by atoms with van der Waals surface area (Å²) in [5.74, 6) is -2.24. The topological polar surface area (TPSA) is 151 Å². The first-order chi connectivity index (χ1) is 18.6. The number of nitrogens with zero attached hydrogens (tertiary/aromatic N) is 2. The third-order valence-electron chi connectivity index (χ3n) is 6.12. The molecule has 0 aliphatic carbocycles. The molecular formula is C28H20N2O8S. The summed E-state index contributed by atoms with van der Waals surface area (Å²) in [5.41, 5.74) is 2.24. The van der Waals surface area contributed by atoms with Gasteiger partial charge in [0.1, 0.15) is 5.58 Å². The average Bonchev–Trinajstić information content (AvgIpc) is 3.36. The van der Waals surface area contributed by atoms with Crippen molar-refractivity contribution in [1.29, 1.82) is 0 Å². The number of nitro benzene ring substituents is 1. The Bertz CT molecular complexity index is 1810. The number of phenolic OH excluding ortho intramolecular Hbond substituents is 1. The van der Waals surface area contributed by atoms with Gasteiger partial charge >= 0.3 is 11.7 Å². The van der Waals surface area contributed by atoms with Gasteiger partial charge in [-0.1, -0.05) is 54.6 Å². The molecule has 0 radical (unpaired) electrons. The normalized spacial score (nSPS) is 11.4. The third-order valence-corrected chi connectivity index (χ3v) is 7.89. The van der Waals surface area contributed by atoms with Crippen LogP contribution >= 0.6 is 0 Å². The van der Waals surface area contributed by atoms with Crippen LogP contribution in [0, 0.1) is 10.1 Å². The Morgan fingerprint density at radius 1 is 0.897 bits per heavy atom. The van der Waals surface area contributed by atoms with E-state index in [-0.39, 0.29) is 23.6 Å². The van der Waals surface area contributed by atoms with Crippen LogP contribution in [0.25, 0.3) is 22.1 Å². The van der Waals surface area contributed by atoms with Crippen molar-refractivity contribution in [3.8, 4) is 16.9 Å². The van der Waals surface area contributed by atoms with Crippen LogP contribution in [0.3, 0.4) is 0 Å². The average molecular weight is 545 g/mol. The molecule has 0 amide bonds. The monoisotopic (exact) mass is 544 g/mol. The number of hydrogen-bond acceptors (Lipinski definition) is 7. The van der Waals surface area contributed by atoms with Gasteiger partial charge in [0.2, 0.25) is 5.76 Å². The molecule has 0 spiro atoms. The first-order valence-corrected chi connectivity index (χ1v) is 13.0. The van der Waals surface area contributed by atoms with E-state index in [0.717, 1.165) is 33.6 Å². The summed E-state index contributed by atoms with van der Waals surface area (Å²) in [6.45, 7) is -0.138. The Kier molecular flexibility index (Phi) is 6.50. The molecular weight excluding hydrogens is 524 g/mol. The standard InChI is InChI=1S/C28H20N2O8S/c31-25-12-11-23(16-24(25)30(34)35)39(36,37)29(22-10-13-26-21(14-22)15-27(38-26)28(32)33)17-18-6-8-20(9-7-18)19-4-2-1-3-5-19/h1-16,31H,17H2,(H,32,33). The lowest BCUT2D eigenvalue weighted by atomic mass is 10.0. The summed E-state index contributed by atoms with van der Waals surface area (Å²) in [7, 11) is -4.39. The van der Waals surface area contributed by atoms with E-state index in [2.05, 4.69) is 0 Å². The fourth-order valence-corrected chi connectivity index (χ4v) is 5.61. The minimum absolute atomic E-state index is 0.138. The molecule has 0 atom stereocenters. The van der Waals surface area contributed by atoms with Crippen LogP contribution in [0.1, 0.15) is 16.1 Å². The van der Waals surface area contributed by atoms with Gasteiger partial charge in [0.25, 0.3) is 10.0 Å². The number of phenols is 1. The van der Waals surface area contributed by atoms with Gasteiger partial charge in [-0.15, -0.1) is 0 Å². The molecule has 0 saturated carbocycles. The van der Waals surface area contributed by atoms with Crippen LogP contribution in [-0.4, -0.2) is 29.5 Å². The van der Waals surface area contributed by atoms with Crippen LogP contribution < -0.4 is 4.31 Å². The van der Waals surface area contributed by atoms with Gasteiger partial charge in [0, 0.05) is 11.5 Å². The molecule has 0 aliphatic heterocycles. The number of fused-ring (bicyclic) bond motifs is 1. The van der Waals surface area contributed by atoms with Crippen molar-refractivity contribution in [2.75, 3.05) is 4.31 Å². The molecule has 196 valence electrons. The molecule has 1 aromatic heterocycles. The molecule has 5 aromatic rings. The highest BCUT2D eigenvalue weighted by molar-refractivity contribution is 7.92. The quantitative estimate of drug-likeness (QED) is 0.183. The van der Waals surface area contributed by atoms with Gasteiger partial charge in [-0.2, -0.15) is 0 Å². The summed E-state index contributed by atoms with van der Waals surface area (Å²) < 4.78 is 34.1. The number of anilines is 1. The summed E-state index contributed by atoms with van der Waals surface area (Å²) >= 11 is 0. The maximum atomic E-state index is 13.9. The smallest absolute Gasteiger partial charge is 0.371 e. The zero-order valence-corrected chi connectivity index (χ0v) is 20.9. The van der Waals surface area contributed by atoms with E-state index < -0.39 is 37.2 Å². The Morgan fingerprint density at radius 2 is 1.59 bits per heavy atom. The van der Waals surface area contributed by atoms with Gasteiger partial charge in [0.15, 0.2) is 5.75 Å². The number of nitro groups is 1. The highest BCUT2D eigenvalue weighted by atomic mass is 32.2. The lowest BCUT2D eigenvalue weighted by Gasteiger charge is -2.25. The van der Waals surface area contributed by atoms with Crippen LogP contribution in [0.2, 0.25) is 0 Å². The van der Waals surface area contributed by atoms with Crippen molar-refractivity contribution in [3.05, 3.63) is 118 Å². The number of carboxylic acid groups (broad SMARTS) is 1. The largest absolute Gasteiger partial charge is 0.502 e. The number of carboxylic acids is 1. The van der Waals surface area contributed by atoms with Crippen LogP contribution in [0.5, 0.6) is 5.75 Å². The second-order valence-corrected chi connectivity index (χ2v) is 10.5. The Morgan fingerprint density at radius 3 is 2.26 bits per heavy atom. The zero-order valence-electron chi connectivity index (χ0n) is 20.1. The van der Waals surface area contributed by atoms with Gasteiger partial charge in [0.05, 0.1) is 22.1 Å². The molecule has 10 nitrogen and oxygen atoms in total. The van der Waals surface area contributed by atoms with Crippen molar-refractivity contribution < 1.29 is 32.8 Å². The molecule has 5 rings (SSSR count). The summed E-state index contributed by atoms with van der Waals surface area (Å²) in [4.78, 5) is 21.4. The molecule has 0 saturated heterocycles. The number of furan rings is 1. The minimum atomic E-state index is -4.39. The van der Waals surface area contributed by atoms with E-state index in [1.807, 2.05) is 42.5 Å². The lowest BCUT2D eigenvalue weighted by molar-refractivity contribution is -0.386. The molecule has 2 N–H and O–H groups in total. The number of benzene rings is 4. The molecule has 0 unspecified atom stereocenters. The first kappa shape index (κ1) is 25.5. The molecule has 0 fully saturated rings. The van der Waals surface area contributed by atoms with Gasteiger partial charge in [-0.3, -0.25) is 14.4 Å². The molecule has 39 heavy (non-hydrogen) atoms. The number of carbonyl (C=O) groups is 1. The van der Waals surface area contributed by atoms with Crippen LogP contribution in [-0.2, 0) is 16.6 Å². The Hall–Kier alpha value is -5.16. The van der Waals surface area contributed by atoms with Gasteiger partial charge < -0.3 is 14.6 Å². The van der Waals surface area contributed by atoms with E-state index >= 15 is 0 Å². The fraction of sp³-hybridized carbons (Fsp3) is 0.0357. The number of rotatable bonds is 8. The van der Waals surface area contributed by atoms with Gasteiger partial charge in [-0.25, -0.2) is 13.2 Å². The van der Waals surface area contributed by atoms with Crippen molar-refractivity contribution in [2.45, 2.75) is 11.4 Å². The van der Waals surface area contributed by atoms with Crippen molar-refractivity contribution in [3.63, 3.8) is 0 Å². The van der Waals surface area contributed by atoms with E-state index in [1.54, 1.807) is 12.1 Å². The maximum Gasteiger partial charge on any atom is 0.371 e. The fourth-order valence-electron chi connectivity index (χ4n) is 4.14. The SMILES string of the molecule is O=C(O)c1cc2cc(N(Cc3ccc(-c4ccccc4)cc3)S(=O)(=O)c3ccc(O)c([N+](=O)[O-])c3)ccc2o1. The first-order valence-electron chi connectivity index (χ1n) is 11.5. The van der Waals surface area contributed by atoms with E-state index in [0.29, 0.717) is 10.9 Å². The second-order valence-electron chi connectivity index (χ2n) is 8.62. The molecule has 0 bridgehead atoms. The Balaban J connectivity index is 1.59. The third kappa shape index (κ3) is 5.03. The summed E-state index contributed by atoms with van der Waals surface area (Å²) in [6, 6.07) is 25.4. The number of aromatic hydroxyl groups is 1. The summed E-state index contributed by atoms with van der Waals surface area (Å²) in [6.07, 6.45) is 0. The molecule has 11 heteroatoms. The Labute approximate surface area is 222 Å². The maximum absolute atomic E-state index is 13.9. The van der Waals surface area contributed by atoms with Crippen molar-refractivity contribution in [2.24, 2.45) is 0 Å². The van der Waals surface area contributed by atoms with Crippen molar-refractivity contribution >= 4 is 38.3 Å². The van der Waals surface area contributed by atoms with Crippen molar-refractivity contribution in [1.82, 2.24) is 0 Å². The molecule has 4 aromatic carbocycles. The molecule has 0 aliphatic rings. The molecule has 1 heterocycles. The number of hydrogen-bond donors (Lipinski definition) is 2. The lowest BCUT2D eigenvalue weighted by Crippen LogP contribution is -2.30. The number of aromatic carboxylic acids is 1.